The van der Waals surface area contributed by atoms with E-state index in [1.165, 1.54) is 13.2 Å². The molecule has 0 spiro atoms. The van der Waals surface area contributed by atoms with Gasteiger partial charge in [-0.1, -0.05) is 0 Å². The molecule has 2 rings (SSSR count). The van der Waals surface area contributed by atoms with E-state index in [4.69, 9.17) is 9.47 Å². The lowest BCUT2D eigenvalue weighted by Crippen LogP contribution is -2.27. The van der Waals surface area contributed by atoms with Gasteiger partial charge in [-0.15, -0.1) is 0 Å². The summed E-state index contributed by atoms with van der Waals surface area (Å²) in [6.45, 7) is 1.82. The summed E-state index contributed by atoms with van der Waals surface area (Å²) in [6, 6.07) is 1.24. The molecule has 0 aliphatic carbocycles. The summed E-state index contributed by atoms with van der Waals surface area (Å²) in [4.78, 5) is 11.8. The zero-order valence-corrected chi connectivity index (χ0v) is 8.98. The van der Waals surface area contributed by atoms with Gasteiger partial charge in [-0.25, -0.2) is 0 Å². The first-order chi connectivity index (χ1) is 7.56. The van der Waals surface area contributed by atoms with E-state index in [0.29, 0.717) is 11.1 Å². The third kappa shape index (κ3) is 1.40. The largest absolute Gasteiger partial charge is 0.504 e. The van der Waals surface area contributed by atoms with Crippen molar-refractivity contribution < 1.29 is 24.5 Å². The zero-order valence-electron chi connectivity index (χ0n) is 8.98. The van der Waals surface area contributed by atoms with Crippen LogP contribution in [0.1, 0.15) is 22.8 Å². The maximum atomic E-state index is 11.8. The van der Waals surface area contributed by atoms with Gasteiger partial charge >= 0.3 is 0 Å². The molecule has 86 valence electrons. The van der Waals surface area contributed by atoms with E-state index in [2.05, 4.69) is 0 Å². The predicted molar refractivity (Wildman–Crippen MR) is 54.9 cm³/mol. The Hall–Kier alpha value is -1.75. The standard InChI is InChI=1S/C11H12O5/c1-5-9(13)6-3-8(12)10(14)11(15-2)7(6)4-16-5/h3,5,12,14H,4H2,1-2H3. The van der Waals surface area contributed by atoms with E-state index in [-0.39, 0.29) is 29.6 Å². The molecule has 0 saturated heterocycles. The number of Topliss-reactive ketones (excluding diaryl/α,β-unsaturated/α-hetero) is 1. The number of fused-ring (bicyclic) bond motifs is 1. The van der Waals surface area contributed by atoms with Crippen molar-refractivity contribution in [3.63, 3.8) is 0 Å². The molecule has 2 N–H and O–H groups in total. The number of aromatic hydroxyl groups is 2. The van der Waals surface area contributed by atoms with Crippen molar-refractivity contribution in [3.8, 4) is 17.2 Å². The minimum absolute atomic E-state index is 0.0928. The fourth-order valence-electron chi connectivity index (χ4n) is 1.76. The number of hydrogen-bond donors (Lipinski definition) is 2. The quantitative estimate of drug-likeness (QED) is 0.701. The van der Waals surface area contributed by atoms with Crippen LogP contribution < -0.4 is 4.74 Å². The minimum Gasteiger partial charge on any atom is -0.504 e. The van der Waals surface area contributed by atoms with Gasteiger partial charge in [-0.05, 0) is 13.0 Å². The molecule has 1 aromatic carbocycles. The zero-order chi connectivity index (χ0) is 11.9. The van der Waals surface area contributed by atoms with Crippen molar-refractivity contribution in [2.24, 2.45) is 0 Å². The third-order valence-corrected chi connectivity index (χ3v) is 2.65. The van der Waals surface area contributed by atoms with Gasteiger partial charge < -0.3 is 19.7 Å². The van der Waals surface area contributed by atoms with Gasteiger partial charge in [-0.3, -0.25) is 4.79 Å². The van der Waals surface area contributed by atoms with Crippen LogP contribution in [0.25, 0.3) is 0 Å². The molecule has 0 bridgehead atoms. The van der Waals surface area contributed by atoms with E-state index < -0.39 is 6.10 Å². The average Bonchev–Trinajstić information content (AvgIpc) is 2.27. The Balaban J connectivity index is 2.66. The highest BCUT2D eigenvalue weighted by molar-refractivity contribution is 6.02. The number of benzene rings is 1. The van der Waals surface area contributed by atoms with Crippen LogP contribution in [0.3, 0.4) is 0 Å². The van der Waals surface area contributed by atoms with E-state index >= 15 is 0 Å². The topological polar surface area (TPSA) is 76.0 Å². The molecule has 1 atom stereocenters. The van der Waals surface area contributed by atoms with Crippen LogP contribution in [0.15, 0.2) is 6.07 Å². The van der Waals surface area contributed by atoms with E-state index in [0.717, 1.165) is 0 Å². The minimum atomic E-state index is -0.541. The number of carbonyl (C=O) groups is 1. The smallest absolute Gasteiger partial charge is 0.200 e. The van der Waals surface area contributed by atoms with Crippen LogP contribution in [0, 0.1) is 0 Å². The van der Waals surface area contributed by atoms with Crippen LogP contribution in [0.5, 0.6) is 17.2 Å². The molecule has 0 radical (unpaired) electrons. The molecular formula is C11H12O5. The average molecular weight is 224 g/mol. The van der Waals surface area contributed by atoms with Crippen LogP contribution in [-0.4, -0.2) is 29.2 Å². The number of carbonyl (C=O) groups excluding carboxylic acids is 1. The van der Waals surface area contributed by atoms with Gasteiger partial charge in [0.2, 0.25) is 5.75 Å². The first-order valence-corrected chi connectivity index (χ1v) is 4.84. The number of phenolic OH excluding ortho intramolecular Hbond substituents is 2. The van der Waals surface area contributed by atoms with Crippen molar-refractivity contribution in [2.45, 2.75) is 19.6 Å². The Labute approximate surface area is 92.2 Å². The number of ketones is 1. The van der Waals surface area contributed by atoms with E-state index in [1.807, 2.05) is 0 Å². The molecule has 1 unspecified atom stereocenters. The van der Waals surface area contributed by atoms with Gasteiger partial charge in [0.1, 0.15) is 6.10 Å². The highest BCUT2D eigenvalue weighted by Gasteiger charge is 2.30. The Kier molecular flexibility index (Phi) is 2.47. The van der Waals surface area contributed by atoms with Crippen LogP contribution in [0.2, 0.25) is 0 Å². The molecule has 5 heteroatoms. The Bertz CT molecular complexity index is 452. The highest BCUT2D eigenvalue weighted by Crippen LogP contribution is 2.42. The van der Waals surface area contributed by atoms with Gasteiger partial charge in [0.05, 0.1) is 13.7 Å². The summed E-state index contributed by atoms with van der Waals surface area (Å²) in [5.41, 5.74) is 0.812. The van der Waals surface area contributed by atoms with Gasteiger partial charge in [0, 0.05) is 11.1 Å². The molecule has 1 aromatic rings. The maximum absolute atomic E-state index is 11.8. The summed E-state index contributed by atoms with van der Waals surface area (Å²) in [6.07, 6.45) is -0.541. The SMILES string of the molecule is COc1c(O)c(O)cc2c1COC(C)C2=O. The second-order valence-electron chi connectivity index (χ2n) is 3.62. The first-order valence-electron chi connectivity index (χ1n) is 4.84. The summed E-state index contributed by atoms with van der Waals surface area (Å²) in [7, 11) is 1.36. The maximum Gasteiger partial charge on any atom is 0.200 e. The Morgan fingerprint density at radius 1 is 1.50 bits per heavy atom. The summed E-state index contributed by atoms with van der Waals surface area (Å²) < 4.78 is 10.2. The van der Waals surface area contributed by atoms with Crippen molar-refractivity contribution in [3.05, 3.63) is 17.2 Å². The van der Waals surface area contributed by atoms with Crippen molar-refractivity contribution >= 4 is 5.78 Å². The van der Waals surface area contributed by atoms with Crippen LogP contribution in [0.4, 0.5) is 0 Å². The van der Waals surface area contributed by atoms with Crippen molar-refractivity contribution in [1.82, 2.24) is 0 Å². The van der Waals surface area contributed by atoms with Gasteiger partial charge in [-0.2, -0.15) is 0 Å². The molecule has 16 heavy (non-hydrogen) atoms. The fraction of sp³-hybridized carbons (Fsp3) is 0.364. The molecular weight excluding hydrogens is 212 g/mol. The molecule has 0 aromatic heterocycles. The van der Waals surface area contributed by atoms with Crippen molar-refractivity contribution in [2.75, 3.05) is 7.11 Å². The van der Waals surface area contributed by atoms with Gasteiger partial charge in [0.15, 0.2) is 17.3 Å². The number of methoxy groups -OCH3 is 1. The molecule has 1 heterocycles. The summed E-state index contributed by atoms with van der Waals surface area (Å²) >= 11 is 0. The monoisotopic (exact) mass is 224 g/mol. The highest BCUT2D eigenvalue weighted by atomic mass is 16.5. The van der Waals surface area contributed by atoms with E-state index in [1.54, 1.807) is 6.92 Å². The Morgan fingerprint density at radius 2 is 2.19 bits per heavy atom. The Morgan fingerprint density at radius 3 is 2.81 bits per heavy atom. The lowest BCUT2D eigenvalue weighted by atomic mass is 9.96. The lowest BCUT2D eigenvalue weighted by Gasteiger charge is -2.23. The van der Waals surface area contributed by atoms with Crippen LogP contribution in [-0.2, 0) is 11.3 Å². The summed E-state index contributed by atoms with van der Waals surface area (Å²) in [5.74, 6) is -0.865. The number of hydrogen-bond acceptors (Lipinski definition) is 5. The predicted octanol–water partition coefficient (Wildman–Crippen LogP) is 1.21. The molecule has 0 saturated carbocycles. The fourth-order valence-corrected chi connectivity index (χ4v) is 1.76. The van der Waals surface area contributed by atoms with Gasteiger partial charge in [0.25, 0.3) is 0 Å². The molecule has 1 aliphatic heterocycles. The molecule has 1 aliphatic rings. The lowest BCUT2D eigenvalue weighted by molar-refractivity contribution is 0.0326. The summed E-state index contributed by atoms with van der Waals surface area (Å²) in [5, 5.41) is 19.0. The van der Waals surface area contributed by atoms with E-state index in [9.17, 15) is 15.0 Å². The number of rotatable bonds is 1. The second kappa shape index (κ2) is 3.68. The normalized spacial score (nSPS) is 19.4. The molecule has 0 fully saturated rings. The third-order valence-electron chi connectivity index (χ3n) is 2.65. The number of phenols is 2. The van der Waals surface area contributed by atoms with Crippen molar-refractivity contribution in [1.29, 1.82) is 0 Å². The molecule has 5 nitrogen and oxygen atoms in total. The second-order valence-corrected chi connectivity index (χ2v) is 3.62. The number of ether oxygens (including phenoxy) is 2. The molecule has 0 amide bonds. The van der Waals surface area contributed by atoms with Crippen LogP contribution >= 0.6 is 0 Å². The first kappa shape index (κ1) is 10.8.